The molecule has 0 N–H and O–H groups in total. The molecular formula is C20H24N4O3S. The van der Waals surface area contributed by atoms with Gasteiger partial charge in [0.15, 0.2) is 0 Å². The predicted octanol–water partition coefficient (Wildman–Crippen LogP) is 2.40. The predicted molar refractivity (Wildman–Crippen MR) is 108 cm³/mol. The lowest BCUT2D eigenvalue weighted by Gasteiger charge is -2.34. The standard InChI is InChI=1S/C20H24N4O3S/c1-2-27-17-7-9-18(10-8-17)28(25,26)24-13-11-22(12-14-24)16-23-15-21-19-5-3-4-6-20(19)23/h3-10,15H,2,11-14,16H2,1H3. The van der Waals surface area contributed by atoms with Gasteiger partial charge in [-0.3, -0.25) is 4.90 Å². The maximum Gasteiger partial charge on any atom is 0.243 e. The second-order valence-electron chi connectivity index (χ2n) is 6.77. The van der Waals surface area contributed by atoms with Gasteiger partial charge >= 0.3 is 0 Å². The molecule has 1 aliphatic rings. The first-order chi connectivity index (χ1) is 13.6. The number of fused-ring (bicyclic) bond motifs is 1. The molecule has 1 aliphatic heterocycles. The van der Waals surface area contributed by atoms with Crippen molar-refractivity contribution in [3.63, 3.8) is 0 Å². The molecule has 0 radical (unpaired) electrons. The van der Waals surface area contributed by atoms with E-state index in [1.807, 2.05) is 31.5 Å². The molecule has 8 heteroatoms. The van der Waals surface area contributed by atoms with Crippen molar-refractivity contribution in [3.05, 3.63) is 54.9 Å². The van der Waals surface area contributed by atoms with Crippen LogP contribution in [0.3, 0.4) is 0 Å². The van der Waals surface area contributed by atoms with Crippen molar-refractivity contribution in [2.45, 2.75) is 18.5 Å². The number of hydrogen-bond acceptors (Lipinski definition) is 5. The molecule has 4 rings (SSSR count). The van der Waals surface area contributed by atoms with E-state index >= 15 is 0 Å². The van der Waals surface area contributed by atoms with E-state index in [4.69, 9.17) is 4.74 Å². The summed E-state index contributed by atoms with van der Waals surface area (Å²) < 4.78 is 34.9. The van der Waals surface area contributed by atoms with Crippen LogP contribution in [0.5, 0.6) is 5.75 Å². The van der Waals surface area contributed by atoms with Crippen molar-refractivity contribution in [1.82, 2.24) is 18.8 Å². The Labute approximate surface area is 165 Å². The van der Waals surface area contributed by atoms with Gasteiger partial charge in [0.25, 0.3) is 0 Å². The van der Waals surface area contributed by atoms with E-state index < -0.39 is 10.0 Å². The highest BCUT2D eigenvalue weighted by molar-refractivity contribution is 7.89. The molecular weight excluding hydrogens is 376 g/mol. The SMILES string of the molecule is CCOc1ccc(S(=O)(=O)N2CCN(Cn3cnc4ccccc43)CC2)cc1. The van der Waals surface area contributed by atoms with Crippen LogP contribution in [0.1, 0.15) is 6.92 Å². The Morgan fingerprint density at radius 2 is 1.71 bits per heavy atom. The van der Waals surface area contributed by atoms with E-state index in [1.54, 1.807) is 28.6 Å². The van der Waals surface area contributed by atoms with Crippen LogP contribution in [-0.2, 0) is 16.7 Å². The van der Waals surface area contributed by atoms with Crippen molar-refractivity contribution in [1.29, 1.82) is 0 Å². The zero-order valence-corrected chi connectivity index (χ0v) is 16.7. The molecule has 0 saturated carbocycles. The van der Waals surface area contributed by atoms with E-state index in [1.165, 1.54) is 0 Å². The maximum absolute atomic E-state index is 12.9. The van der Waals surface area contributed by atoms with Gasteiger partial charge in [0.05, 0.1) is 35.5 Å². The Morgan fingerprint density at radius 1 is 1.00 bits per heavy atom. The van der Waals surface area contributed by atoms with Gasteiger partial charge in [0.1, 0.15) is 5.75 Å². The number of para-hydroxylation sites is 2. The Balaban J connectivity index is 1.40. The van der Waals surface area contributed by atoms with Gasteiger partial charge in [-0.2, -0.15) is 4.31 Å². The highest BCUT2D eigenvalue weighted by Gasteiger charge is 2.28. The van der Waals surface area contributed by atoms with Gasteiger partial charge in [0.2, 0.25) is 10.0 Å². The van der Waals surface area contributed by atoms with Crippen LogP contribution in [0.15, 0.2) is 59.8 Å². The monoisotopic (exact) mass is 400 g/mol. The summed E-state index contributed by atoms with van der Waals surface area (Å²) in [6, 6.07) is 14.7. The molecule has 148 valence electrons. The van der Waals surface area contributed by atoms with Crippen molar-refractivity contribution in [2.75, 3.05) is 32.8 Å². The van der Waals surface area contributed by atoms with E-state index in [0.29, 0.717) is 50.1 Å². The number of ether oxygens (including phenoxy) is 1. The minimum absolute atomic E-state index is 0.310. The van der Waals surface area contributed by atoms with Crippen LogP contribution in [0.25, 0.3) is 11.0 Å². The van der Waals surface area contributed by atoms with Crippen LogP contribution >= 0.6 is 0 Å². The summed E-state index contributed by atoms with van der Waals surface area (Å²) in [6.45, 7) is 5.48. The van der Waals surface area contributed by atoms with Gasteiger partial charge < -0.3 is 9.30 Å². The zero-order valence-electron chi connectivity index (χ0n) is 15.9. The first kappa shape index (κ1) is 18.9. The fourth-order valence-corrected chi connectivity index (χ4v) is 4.90. The summed E-state index contributed by atoms with van der Waals surface area (Å²) in [5.41, 5.74) is 2.06. The largest absolute Gasteiger partial charge is 0.494 e. The highest BCUT2D eigenvalue weighted by Crippen LogP contribution is 2.21. The molecule has 2 heterocycles. The summed E-state index contributed by atoms with van der Waals surface area (Å²) in [7, 11) is -3.48. The number of rotatable bonds is 6. The normalized spacial score (nSPS) is 16.5. The van der Waals surface area contributed by atoms with E-state index in [-0.39, 0.29) is 0 Å². The van der Waals surface area contributed by atoms with Crippen LogP contribution in [-0.4, -0.2) is 60.0 Å². The first-order valence-corrected chi connectivity index (χ1v) is 10.9. The molecule has 0 spiro atoms. The molecule has 0 aliphatic carbocycles. The quantitative estimate of drug-likeness (QED) is 0.636. The molecule has 28 heavy (non-hydrogen) atoms. The molecule has 7 nitrogen and oxygen atoms in total. The molecule has 0 unspecified atom stereocenters. The Bertz CT molecular complexity index is 1040. The topological polar surface area (TPSA) is 67.7 Å². The highest BCUT2D eigenvalue weighted by atomic mass is 32.2. The van der Waals surface area contributed by atoms with Crippen LogP contribution in [0, 0.1) is 0 Å². The van der Waals surface area contributed by atoms with Crippen molar-refractivity contribution < 1.29 is 13.2 Å². The molecule has 0 bridgehead atoms. The van der Waals surface area contributed by atoms with Crippen molar-refractivity contribution in [2.24, 2.45) is 0 Å². The lowest BCUT2D eigenvalue weighted by atomic mass is 10.3. The third-order valence-electron chi connectivity index (χ3n) is 4.98. The second-order valence-corrected chi connectivity index (χ2v) is 8.71. The van der Waals surface area contributed by atoms with Crippen molar-refractivity contribution in [3.8, 4) is 5.75 Å². The number of imidazole rings is 1. The minimum Gasteiger partial charge on any atom is -0.494 e. The van der Waals surface area contributed by atoms with E-state index in [9.17, 15) is 8.42 Å². The number of nitrogens with zero attached hydrogens (tertiary/aromatic N) is 4. The van der Waals surface area contributed by atoms with Gasteiger partial charge in [-0.05, 0) is 43.3 Å². The maximum atomic E-state index is 12.9. The van der Waals surface area contributed by atoms with E-state index in [0.717, 1.165) is 11.0 Å². The molecule has 1 fully saturated rings. The van der Waals surface area contributed by atoms with Gasteiger partial charge in [0, 0.05) is 26.2 Å². The number of benzene rings is 2. The summed E-state index contributed by atoms with van der Waals surface area (Å²) in [4.78, 5) is 6.98. The third-order valence-corrected chi connectivity index (χ3v) is 6.90. The smallest absolute Gasteiger partial charge is 0.243 e. The zero-order chi connectivity index (χ0) is 19.6. The average molecular weight is 401 g/mol. The Kier molecular flexibility index (Phi) is 5.34. The Morgan fingerprint density at radius 3 is 2.43 bits per heavy atom. The number of sulfonamides is 1. The van der Waals surface area contributed by atoms with E-state index in [2.05, 4.69) is 20.5 Å². The van der Waals surface area contributed by atoms with Gasteiger partial charge in [-0.25, -0.2) is 13.4 Å². The number of aromatic nitrogens is 2. The summed E-state index contributed by atoms with van der Waals surface area (Å²) >= 11 is 0. The lowest BCUT2D eigenvalue weighted by Crippen LogP contribution is -2.48. The van der Waals surface area contributed by atoms with Crippen molar-refractivity contribution >= 4 is 21.1 Å². The van der Waals surface area contributed by atoms with Crippen LogP contribution < -0.4 is 4.74 Å². The van der Waals surface area contributed by atoms with Gasteiger partial charge in [-0.1, -0.05) is 12.1 Å². The third kappa shape index (κ3) is 3.76. The van der Waals surface area contributed by atoms with Crippen LogP contribution in [0.2, 0.25) is 0 Å². The second kappa shape index (κ2) is 7.90. The molecule has 1 aromatic heterocycles. The molecule has 1 saturated heterocycles. The molecule has 0 amide bonds. The number of hydrogen-bond donors (Lipinski definition) is 0. The molecule has 3 aromatic rings. The first-order valence-electron chi connectivity index (χ1n) is 9.43. The molecule has 0 atom stereocenters. The summed E-state index contributed by atoms with van der Waals surface area (Å²) in [5.74, 6) is 0.679. The summed E-state index contributed by atoms with van der Waals surface area (Å²) in [6.07, 6.45) is 1.84. The minimum atomic E-state index is -3.48. The lowest BCUT2D eigenvalue weighted by molar-refractivity contribution is 0.154. The number of piperazine rings is 1. The average Bonchev–Trinajstić information content (AvgIpc) is 3.12. The van der Waals surface area contributed by atoms with Gasteiger partial charge in [-0.15, -0.1) is 0 Å². The fraction of sp³-hybridized carbons (Fsp3) is 0.350. The molecule has 2 aromatic carbocycles. The Hall–Kier alpha value is -2.42. The fourth-order valence-electron chi connectivity index (χ4n) is 3.47. The summed E-state index contributed by atoms with van der Waals surface area (Å²) in [5, 5.41) is 0. The van der Waals surface area contributed by atoms with Crippen LogP contribution in [0.4, 0.5) is 0 Å².